The van der Waals surface area contributed by atoms with E-state index in [1.54, 1.807) is 12.2 Å². The molecule has 0 amide bonds. The normalized spacial score (nSPS) is 19.7. The molecule has 7 atom stereocenters. The number of phosphoric acid groups is 2. The first-order valence-electron chi connectivity index (χ1n) is 23.1. The molecule has 16 nitrogen and oxygen atoms in total. The van der Waals surface area contributed by atoms with Crippen LogP contribution in [0.15, 0.2) is 60.8 Å². The van der Waals surface area contributed by atoms with Crippen LogP contribution in [0, 0.1) is 11.8 Å². The van der Waals surface area contributed by atoms with E-state index in [0.717, 1.165) is 83.5 Å². The number of esters is 2. The average molecular weight is 949 g/mol. The zero-order valence-corrected chi connectivity index (χ0v) is 39.9. The summed E-state index contributed by atoms with van der Waals surface area (Å²) in [5, 5.41) is 30.5. The quantitative estimate of drug-likeness (QED) is 0.0146. The van der Waals surface area contributed by atoms with Gasteiger partial charge in [-0.2, -0.15) is 0 Å². The fraction of sp³-hybridized carbons (Fsp3) is 0.717. The molecule has 1 saturated carbocycles. The number of hydrogen-bond acceptors (Lipinski definition) is 13. The van der Waals surface area contributed by atoms with Gasteiger partial charge in [0.05, 0.1) is 32.0 Å². The maximum Gasteiger partial charge on any atom is 0.472 e. The Morgan fingerprint density at radius 2 is 1.28 bits per heavy atom. The van der Waals surface area contributed by atoms with Gasteiger partial charge >= 0.3 is 27.6 Å². The van der Waals surface area contributed by atoms with Crippen molar-refractivity contribution in [1.82, 2.24) is 0 Å². The molecule has 0 aromatic carbocycles. The van der Waals surface area contributed by atoms with Crippen LogP contribution in [0.2, 0.25) is 0 Å². The van der Waals surface area contributed by atoms with E-state index in [-0.39, 0.29) is 31.0 Å². The summed E-state index contributed by atoms with van der Waals surface area (Å²) < 4.78 is 47.8. The molecular weight excluding hydrogens is 870 g/mol. The number of carbonyl (C=O) groups is 3. The highest BCUT2D eigenvalue weighted by Gasteiger charge is 2.39. The van der Waals surface area contributed by atoms with E-state index in [0.29, 0.717) is 32.1 Å². The second-order valence-corrected chi connectivity index (χ2v) is 18.8. The Hall–Kier alpha value is -2.59. The molecule has 1 unspecified atom stereocenters. The van der Waals surface area contributed by atoms with Crippen molar-refractivity contribution in [2.45, 2.75) is 173 Å². The molecule has 0 saturated heterocycles. The van der Waals surface area contributed by atoms with Crippen molar-refractivity contribution in [2.24, 2.45) is 11.8 Å². The number of hydrogen-bond donors (Lipinski definition) is 6. The van der Waals surface area contributed by atoms with E-state index in [9.17, 15) is 43.7 Å². The summed E-state index contributed by atoms with van der Waals surface area (Å²) in [5.41, 5.74) is 0. The minimum absolute atomic E-state index is 0.0323. The molecule has 18 heteroatoms. The number of carbonyl (C=O) groups excluding carboxylic acids is 3. The van der Waals surface area contributed by atoms with Crippen molar-refractivity contribution < 1.29 is 76.6 Å². The van der Waals surface area contributed by atoms with Crippen LogP contribution in [-0.2, 0) is 46.6 Å². The van der Waals surface area contributed by atoms with E-state index >= 15 is 0 Å². The van der Waals surface area contributed by atoms with Crippen molar-refractivity contribution in [2.75, 3.05) is 26.4 Å². The van der Waals surface area contributed by atoms with E-state index in [2.05, 4.69) is 71.5 Å². The van der Waals surface area contributed by atoms with E-state index in [4.69, 9.17) is 23.8 Å². The lowest BCUT2D eigenvalue weighted by Gasteiger charge is -2.20. The molecule has 0 spiro atoms. The summed E-state index contributed by atoms with van der Waals surface area (Å²) >= 11 is 0. The lowest BCUT2D eigenvalue weighted by atomic mass is 9.88. The molecule has 0 aliphatic heterocycles. The zero-order valence-electron chi connectivity index (χ0n) is 38.1. The Morgan fingerprint density at radius 1 is 0.703 bits per heavy atom. The van der Waals surface area contributed by atoms with Gasteiger partial charge in [-0.05, 0) is 70.1 Å². The Balaban J connectivity index is 2.54. The summed E-state index contributed by atoms with van der Waals surface area (Å²) in [7, 11) is -9.78. The van der Waals surface area contributed by atoms with Gasteiger partial charge in [-0.15, -0.1) is 0 Å². The third-order valence-electron chi connectivity index (χ3n) is 10.3. The molecule has 64 heavy (non-hydrogen) atoms. The van der Waals surface area contributed by atoms with Gasteiger partial charge in [-0.25, -0.2) is 9.13 Å². The molecule has 0 heterocycles. The summed E-state index contributed by atoms with van der Waals surface area (Å²) in [4.78, 5) is 65.5. The molecule has 0 aromatic rings. The monoisotopic (exact) mass is 948 g/mol. The van der Waals surface area contributed by atoms with Crippen LogP contribution in [0.3, 0.4) is 0 Å². The van der Waals surface area contributed by atoms with Gasteiger partial charge in [0.2, 0.25) is 0 Å². The number of allylic oxidation sites excluding steroid dienone is 9. The highest BCUT2D eigenvalue weighted by molar-refractivity contribution is 7.47. The number of ether oxygens (including phenoxy) is 2. The number of aliphatic hydroxyl groups is 3. The Labute approximate surface area is 381 Å². The fourth-order valence-corrected chi connectivity index (χ4v) is 7.93. The second kappa shape index (κ2) is 36.5. The number of aliphatic hydroxyl groups excluding tert-OH is 3. The average Bonchev–Trinajstić information content (AvgIpc) is 3.51. The third kappa shape index (κ3) is 33.0. The molecule has 0 bridgehead atoms. The SMILES string of the molecule is CC/C=C\C/C=C\C/C=C\C/C=C\CCCCCCC(=O)O[C@H](COC(=O)CCCCCC[C@H]1[C@@H](O)CC(=O)[C@@H]1/C=C/[C@@H](O)CCCCC)COP(=O)(O)OC[C@@H](O)COP(=O)(O)O. The summed E-state index contributed by atoms with van der Waals surface area (Å²) in [6, 6.07) is 0. The van der Waals surface area contributed by atoms with Crippen molar-refractivity contribution in [3.8, 4) is 0 Å². The lowest BCUT2D eigenvalue weighted by Crippen LogP contribution is -2.30. The topological polar surface area (TPSA) is 253 Å². The maximum atomic E-state index is 12.7. The summed E-state index contributed by atoms with van der Waals surface area (Å²) in [6.45, 7) is 1.25. The molecule has 368 valence electrons. The first-order chi connectivity index (χ1) is 30.6. The molecule has 6 N–H and O–H groups in total. The minimum Gasteiger partial charge on any atom is -0.462 e. The lowest BCUT2D eigenvalue weighted by molar-refractivity contribution is -0.161. The van der Waals surface area contributed by atoms with E-state index < -0.39 is 84.3 Å². The van der Waals surface area contributed by atoms with Crippen LogP contribution < -0.4 is 0 Å². The molecule has 1 fully saturated rings. The zero-order chi connectivity index (χ0) is 47.5. The predicted octanol–water partition coefficient (Wildman–Crippen LogP) is 8.60. The summed E-state index contributed by atoms with van der Waals surface area (Å²) in [5.74, 6) is -1.92. The van der Waals surface area contributed by atoms with Gasteiger partial charge in [0, 0.05) is 25.2 Å². The molecule has 1 aliphatic carbocycles. The number of Topliss-reactive ketones (excluding diaryl/α,β-unsaturated/α-hetero) is 1. The number of unbranched alkanes of at least 4 members (excludes halogenated alkanes) is 9. The molecule has 0 aromatic heterocycles. The minimum atomic E-state index is -4.90. The predicted molar refractivity (Wildman–Crippen MR) is 245 cm³/mol. The van der Waals surface area contributed by atoms with Crippen LogP contribution >= 0.6 is 15.6 Å². The maximum absolute atomic E-state index is 12.7. The standard InChI is InChI=1S/C46H78O16P2/c1-3-5-7-8-9-10-11-12-13-14-15-16-17-18-19-20-26-30-46(52)62-40(37-61-64(56,57)60-35-39(48)34-59-63(53,54)55)36-58-45(51)29-25-22-21-24-28-41-42(44(50)33-43(41)49)32-31-38(47)27-23-6-4-2/h5,7,9-10,12-13,15-16,31-32,38-43,47-49H,3-4,6,8,11,14,17-30,33-37H2,1-2H3,(H,56,57)(H2,53,54,55)/b7-5-,10-9-,13-12-,16-15-,32-31+/t38-,39-,40+,41+,42+,43-/m0/s1. The van der Waals surface area contributed by atoms with Crippen LogP contribution in [-0.4, -0.2) is 98.6 Å². The number of rotatable bonds is 39. The van der Waals surface area contributed by atoms with Crippen molar-refractivity contribution in [3.05, 3.63) is 60.8 Å². The molecule has 1 rings (SSSR count). The highest BCUT2D eigenvalue weighted by atomic mass is 31.2. The Morgan fingerprint density at radius 3 is 1.92 bits per heavy atom. The molecular formula is C46H78O16P2. The van der Waals surface area contributed by atoms with E-state index in [1.165, 1.54) is 0 Å². The van der Waals surface area contributed by atoms with E-state index in [1.807, 2.05) is 0 Å². The van der Waals surface area contributed by atoms with Gasteiger partial charge in [0.25, 0.3) is 0 Å². The van der Waals surface area contributed by atoms with Crippen LogP contribution in [0.25, 0.3) is 0 Å². The second-order valence-electron chi connectivity index (χ2n) is 16.1. The van der Waals surface area contributed by atoms with Gasteiger partial charge in [-0.1, -0.05) is 126 Å². The van der Waals surface area contributed by atoms with Crippen molar-refractivity contribution in [3.63, 3.8) is 0 Å². The fourth-order valence-electron chi connectivity index (χ4n) is 6.77. The third-order valence-corrected chi connectivity index (χ3v) is 11.7. The van der Waals surface area contributed by atoms with Gasteiger partial charge in [-0.3, -0.25) is 28.0 Å². The first kappa shape index (κ1) is 59.4. The van der Waals surface area contributed by atoms with Gasteiger partial charge < -0.3 is 39.5 Å². The highest BCUT2D eigenvalue weighted by Crippen LogP contribution is 2.44. The molecule has 1 aliphatic rings. The first-order valence-corrected chi connectivity index (χ1v) is 26.1. The Bertz CT molecular complexity index is 1520. The smallest absolute Gasteiger partial charge is 0.462 e. The summed E-state index contributed by atoms with van der Waals surface area (Å²) in [6.07, 6.45) is 31.2. The number of ketones is 1. The largest absolute Gasteiger partial charge is 0.472 e. The number of phosphoric ester groups is 2. The van der Waals surface area contributed by atoms with Crippen LogP contribution in [0.4, 0.5) is 0 Å². The Kier molecular flexibility index (Phi) is 33.9. The van der Waals surface area contributed by atoms with Crippen molar-refractivity contribution in [1.29, 1.82) is 0 Å². The van der Waals surface area contributed by atoms with Crippen LogP contribution in [0.1, 0.15) is 149 Å². The van der Waals surface area contributed by atoms with Crippen LogP contribution in [0.5, 0.6) is 0 Å². The van der Waals surface area contributed by atoms with Gasteiger partial charge in [0.1, 0.15) is 18.5 Å². The molecule has 0 radical (unpaired) electrons. The van der Waals surface area contributed by atoms with Crippen molar-refractivity contribution >= 4 is 33.4 Å². The van der Waals surface area contributed by atoms with Gasteiger partial charge in [0.15, 0.2) is 6.10 Å².